The summed E-state index contributed by atoms with van der Waals surface area (Å²) >= 11 is 3.34. The quantitative estimate of drug-likeness (QED) is 0.260. The van der Waals surface area contributed by atoms with Gasteiger partial charge in [-0.25, -0.2) is 0 Å². The number of allylic oxidation sites excluding steroid dienone is 2. The predicted octanol–water partition coefficient (Wildman–Crippen LogP) is 5.37. The Labute approximate surface area is 244 Å². The standard InChI is InChI=1S/C29H22BrF3N4O5/c30-18-4-5-20-26(17(11-35-20)29(31,32)33)25(18)13-8-22(38)15(23(39)9-13)10-34-19-3-1-2-14-16(19)12-37(28(14)42)21-6-7-24(40)36-27(21)41/h1-5,10-11,13,21,35,38H,6-9,12H2,(H,36,40,41). The monoisotopic (exact) mass is 642 g/mol. The van der Waals surface area contributed by atoms with Gasteiger partial charge in [0.25, 0.3) is 5.91 Å². The molecule has 9 nitrogen and oxygen atoms in total. The van der Waals surface area contributed by atoms with Crippen LogP contribution in [0.3, 0.4) is 0 Å². The van der Waals surface area contributed by atoms with Crippen LogP contribution in [0, 0.1) is 0 Å². The number of benzene rings is 2. The van der Waals surface area contributed by atoms with Crippen LogP contribution in [0.2, 0.25) is 0 Å². The smallest absolute Gasteiger partial charge is 0.418 e. The molecule has 2 aliphatic heterocycles. The number of alkyl halides is 3. The third-order valence-corrected chi connectivity index (χ3v) is 8.61. The highest BCUT2D eigenvalue weighted by molar-refractivity contribution is 9.10. The minimum absolute atomic E-state index is 0.0512. The van der Waals surface area contributed by atoms with Gasteiger partial charge in [-0.1, -0.05) is 22.0 Å². The summed E-state index contributed by atoms with van der Waals surface area (Å²) in [6.45, 7) is 0.0746. The molecule has 0 saturated carbocycles. The summed E-state index contributed by atoms with van der Waals surface area (Å²) in [6, 6.07) is 7.16. The van der Waals surface area contributed by atoms with Crippen LogP contribution in [0.25, 0.3) is 10.9 Å². The summed E-state index contributed by atoms with van der Waals surface area (Å²) in [6.07, 6.45) is -2.43. The first-order chi connectivity index (χ1) is 19.9. The fourth-order valence-corrected chi connectivity index (χ4v) is 6.59. The molecule has 0 radical (unpaired) electrons. The van der Waals surface area contributed by atoms with Crippen LogP contribution in [0.5, 0.6) is 0 Å². The molecule has 1 fully saturated rings. The highest BCUT2D eigenvalue weighted by Gasteiger charge is 2.40. The average Bonchev–Trinajstić information content (AvgIpc) is 3.50. The van der Waals surface area contributed by atoms with E-state index in [1.165, 1.54) is 17.2 Å². The second-order valence-electron chi connectivity index (χ2n) is 10.4. The zero-order valence-corrected chi connectivity index (χ0v) is 23.3. The molecule has 2 unspecified atom stereocenters. The molecule has 3 amide bonds. The highest BCUT2D eigenvalue weighted by atomic mass is 79.9. The van der Waals surface area contributed by atoms with Gasteiger partial charge in [0.2, 0.25) is 11.8 Å². The van der Waals surface area contributed by atoms with Crippen molar-refractivity contribution >= 4 is 62.2 Å². The molecule has 13 heteroatoms. The van der Waals surface area contributed by atoms with Crippen LogP contribution in [0.1, 0.15) is 58.6 Å². The molecule has 2 atom stereocenters. The van der Waals surface area contributed by atoms with Crippen molar-refractivity contribution in [2.75, 3.05) is 0 Å². The minimum Gasteiger partial charge on any atom is -0.511 e. The lowest BCUT2D eigenvalue weighted by atomic mass is 9.81. The lowest BCUT2D eigenvalue weighted by molar-refractivity contribution is -0.137. The van der Waals surface area contributed by atoms with E-state index in [1.54, 1.807) is 24.3 Å². The van der Waals surface area contributed by atoms with Gasteiger partial charge in [-0.15, -0.1) is 0 Å². The molecule has 3 N–H and O–H groups in total. The number of imide groups is 1. The largest absolute Gasteiger partial charge is 0.511 e. The zero-order chi connectivity index (χ0) is 29.9. The normalized spacial score (nSPS) is 21.6. The number of rotatable bonds is 4. The lowest BCUT2D eigenvalue weighted by Gasteiger charge is -2.29. The van der Waals surface area contributed by atoms with Gasteiger partial charge in [0.15, 0.2) is 5.78 Å². The van der Waals surface area contributed by atoms with E-state index in [4.69, 9.17) is 0 Å². The van der Waals surface area contributed by atoms with Crippen LogP contribution < -0.4 is 5.32 Å². The molecule has 3 heterocycles. The van der Waals surface area contributed by atoms with E-state index < -0.39 is 41.3 Å². The molecule has 0 spiro atoms. The van der Waals surface area contributed by atoms with E-state index in [1.807, 2.05) is 0 Å². The Hall–Kier alpha value is -4.26. The number of aromatic nitrogens is 1. The van der Waals surface area contributed by atoms with E-state index in [2.05, 4.69) is 31.2 Å². The fraction of sp³-hybridized carbons (Fsp3) is 0.276. The van der Waals surface area contributed by atoms with Crippen molar-refractivity contribution in [3.05, 3.63) is 74.6 Å². The molecule has 3 aliphatic rings. The average molecular weight is 643 g/mol. The number of carbonyl (C=O) groups is 4. The van der Waals surface area contributed by atoms with Gasteiger partial charge < -0.3 is 15.0 Å². The Bertz CT molecular complexity index is 1760. The molecule has 216 valence electrons. The molecular weight excluding hydrogens is 621 g/mol. The maximum absolute atomic E-state index is 13.8. The Morgan fingerprint density at radius 2 is 1.88 bits per heavy atom. The third kappa shape index (κ3) is 4.71. The maximum Gasteiger partial charge on any atom is 0.418 e. The number of H-pyrrole nitrogens is 1. The number of halogens is 4. The Morgan fingerprint density at radius 3 is 2.60 bits per heavy atom. The number of aliphatic hydroxyl groups is 1. The molecule has 2 aromatic carbocycles. The number of carbonyl (C=O) groups excluding carboxylic acids is 4. The van der Waals surface area contributed by atoms with Crippen LogP contribution in [0.15, 0.2) is 57.3 Å². The molecular formula is C29H22BrF3N4O5. The van der Waals surface area contributed by atoms with Gasteiger partial charge in [-0.3, -0.25) is 29.5 Å². The van der Waals surface area contributed by atoms with Crippen molar-refractivity contribution in [1.82, 2.24) is 15.2 Å². The molecule has 1 aromatic heterocycles. The molecule has 1 aliphatic carbocycles. The highest BCUT2D eigenvalue weighted by Crippen LogP contribution is 2.45. The summed E-state index contributed by atoms with van der Waals surface area (Å²) in [7, 11) is 0. The molecule has 1 saturated heterocycles. The maximum atomic E-state index is 13.8. The summed E-state index contributed by atoms with van der Waals surface area (Å²) in [4.78, 5) is 58.6. The minimum atomic E-state index is -4.62. The van der Waals surface area contributed by atoms with Gasteiger partial charge in [0.1, 0.15) is 11.8 Å². The van der Waals surface area contributed by atoms with E-state index in [0.717, 1.165) is 6.20 Å². The third-order valence-electron chi connectivity index (χ3n) is 7.92. The fourth-order valence-electron chi connectivity index (χ4n) is 5.93. The molecule has 42 heavy (non-hydrogen) atoms. The number of amides is 3. The summed E-state index contributed by atoms with van der Waals surface area (Å²) in [5, 5.41) is 13.1. The van der Waals surface area contributed by atoms with Gasteiger partial charge in [0, 0.05) is 64.7 Å². The van der Waals surface area contributed by atoms with E-state index in [0.29, 0.717) is 21.3 Å². The van der Waals surface area contributed by atoms with E-state index >= 15 is 0 Å². The van der Waals surface area contributed by atoms with Gasteiger partial charge in [-0.05, 0) is 42.2 Å². The second kappa shape index (κ2) is 10.2. The van der Waals surface area contributed by atoms with Crippen molar-refractivity contribution in [3.63, 3.8) is 0 Å². The Morgan fingerprint density at radius 1 is 1.10 bits per heavy atom. The number of aromatic amines is 1. The number of hydrogen-bond donors (Lipinski definition) is 3. The van der Waals surface area contributed by atoms with Crippen molar-refractivity contribution in [2.45, 2.75) is 50.4 Å². The van der Waals surface area contributed by atoms with E-state index in [9.17, 15) is 37.5 Å². The number of nitrogens with zero attached hydrogens (tertiary/aromatic N) is 2. The lowest BCUT2D eigenvalue weighted by Crippen LogP contribution is -2.52. The van der Waals surface area contributed by atoms with Gasteiger partial charge >= 0.3 is 6.18 Å². The summed E-state index contributed by atoms with van der Waals surface area (Å²) < 4.78 is 41.7. The number of Topliss-reactive ketones (excluding diaryl/α,β-unsaturated/α-hetero) is 1. The van der Waals surface area contributed by atoms with Crippen LogP contribution in [0.4, 0.5) is 18.9 Å². The van der Waals surface area contributed by atoms with Gasteiger partial charge in [0.05, 0.1) is 16.8 Å². The first-order valence-electron chi connectivity index (χ1n) is 13.1. The number of piperidine rings is 1. The number of ketones is 1. The zero-order valence-electron chi connectivity index (χ0n) is 21.7. The van der Waals surface area contributed by atoms with Crippen molar-refractivity contribution in [2.24, 2.45) is 4.99 Å². The number of nitrogens with one attached hydrogen (secondary N) is 2. The number of aliphatic hydroxyl groups excluding tert-OH is 1. The van der Waals surface area contributed by atoms with Crippen LogP contribution in [-0.2, 0) is 27.1 Å². The second-order valence-corrected chi connectivity index (χ2v) is 11.3. The summed E-state index contributed by atoms with van der Waals surface area (Å²) in [5.74, 6) is -2.82. The number of fused-ring (bicyclic) bond motifs is 2. The van der Waals surface area contributed by atoms with Crippen molar-refractivity contribution in [3.8, 4) is 0 Å². The first kappa shape index (κ1) is 27.9. The predicted molar refractivity (Wildman–Crippen MR) is 148 cm³/mol. The van der Waals surface area contributed by atoms with Crippen molar-refractivity contribution in [1.29, 1.82) is 0 Å². The Balaban J connectivity index is 1.28. The summed E-state index contributed by atoms with van der Waals surface area (Å²) in [5.41, 5.74) is 0.868. The molecule has 0 bridgehead atoms. The van der Waals surface area contributed by atoms with Gasteiger partial charge in [-0.2, -0.15) is 13.2 Å². The van der Waals surface area contributed by atoms with Crippen molar-refractivity contribution < 1.29 is 37.5 Å². The number of aliphatic imine (C=N–C) groups is 1. The first-order valence-corrected chi connectivity index (χ1v) is 13.9. The molecule has 3 aromatic rings. The Kier molecular flexibility index (Phi) is 6.79. The van der Waals surface area contributed by atoms with Crippen LogP contribution >= 0.6 is 15.9 Å². The molecule has 6 rings (SSSR count). The van der Waals surface area contributed by atoms with Crippen LogP contribution in [-0.4, -0.2) is 50.8 Å². The topological polar surface area (TPSA) is 132 Å². The number of hydrogen-bond acceptors (Lipinski definition) is 6. The van der Waals surface area contributed by atoms with E-state index in [-0.39, 0.29) is 65.9 Å². The SMILES string of the molecule is O=C1CCC(N2Cc3c(N=CC4=C(O)CC(c5c(Br)ccc6[nH]cc(C(F)(F)F)c56)CC4=O)cccc3C2=O)C(=O)N1.